The molecule has 0 aromatic heterocycles. The van der Waals surface area contributed by atoms with Crippen molar-refractivity contribution in [2.24, 2.45) is 0 Å². The number of rotatable bonds is 5. The van der Waals surface area contributed by atoms with Crippen molar-refractivity contribution in [2.75, 3.05) is 31.5 Å². The second kappa shape index (κ2) is 8.61. The average Bonchev–Trinajstić information content (AvgIpc) is 2.69. The van der Waals surface area contributed by atoms with Crippen LogP contribution in [0.15, 0.2) is 54.6 Å². The molecular weight excluding hydrogens is 324 g/mol. The van der Waals surface area contributed by atoms with Crippen LogP contribution >= 0.6 is 0 Å². The number of hydrogen-bond acceptors (Lipinski definition) is 4. The minimum Gasteiger partial charge on any atom is -0.325 e. The van der Waals surface area contributed by atoms with Crippen molar-refractivity contribution >= 4 is 11.6 Å². The largest absolute Gasteiger partial charge is 0.325 e. The van der Waals surface area contributed by atoms with Crippen LogP contribution in [0, 0.1) is 11.3 Å². The van der Waals surface area contributed by atoms with Crippen LogP contribution in [0.2, 0.25) is 0 Å². The van der Waals surface area contributed by atoms with Gasteiger partial charge in [-0.3, -0.25) is 14.6 Å². The molecule has 0 bridgehead atoms. The minimum atomic E-state index is -0.195. The quantitative estimate of drug-likeness (QED) is 0.903. The lowest BCUT2D eigenvalue weighted by molar-refractivity contribution is -0.121. The molecule has 1 atom stereocenters. The fourth-order valence-corrected chi connectivity index (χ4v) is 3.23. The molecule has 0 radical (unpaired) electrons. The smallest absolute Gasteiger partial charge is 0.241 e. The number of nitrogens with zero attached hydrogens (tertiary/aromatic N) is 3. The number of nitriles is 1. The highest BCUT2D eigenvalue weighted by Crippen LogP contribution is 2.14. The normalized spacial score (nSPS) is 16.6. The number of anilines is 1. The number of nitrogens with one attached hydrogen (secondary N) is 1. The van der Waals surface area contributed by atoms with E-state index in [2.05, 4.69) is 45.5 Å². The molecule has 134 valence electrons. The summed E-state index contributed by atoms with van der Waals surface area (Å²) >= 11 is 0. The van der Waals surface area contributed by atoms with Gasteiger partial charge in [-0.2, -0.15) is 5.26 Å². The fourth-order valence-electron chi connectivity index (χ4n) is 3.23. The van der Waals surface area contributed by atoms with Crippen LogP contribution in [-0.4, -0.2) is 47.9 Å². The number of carbonyl (C=O) groups excluding carboxylic acids is 1. The molecule has 1 aliphatic rings. The number of benzene rings is 2. The summed E-state index contributed by atoms with van der Waals surface area (Å²) in [4.78, 5) is 17.2. The molecule has 5 heteroatoms. The van der Waals surface area contributed by atoms with Gasteiger partial charge in [0.25, 0.3) is 0 Å². The highest BCUT2D eigenvalue weighted by atomic mass is 16.2. The molecule has 1 amide bonds. The van der Waals surface area contributed by atoms with Crippen molar-refractivity contribution in [3.05, 3.63) is 65.7 Å². The molecule has 1 fully saturated rings. The monoisotopic (exact) mass is 348 g/mol. The minimum absolute atomic E-state index is 0.0309. The molecule has 1 N–H and O–H groups in total. The van der Waals surface area contributed by atoms with Gasteiger partial charge in [-0.15, -0.1) is 0 Å². The van der Waals surface area contributed by atoms with Gasteiger partial charge in [0.1, 0.15) is 0 Å². The molecule has 5 nitrogen and oxygen atoms in total. The molecule has 1 saturated heterocycles. The summed E-state index contributed by atoms with van der Waals surface area (Å²) in [6.45, 7) is 6.55. The molecule has 1 aliphatic heterocycles. The van der Waals surface area contributed by atoms with Gasteiger partial charge < -0.3 is 5.32 Å². The molecule has 1 unspecified atom stereocenters. The van der Waals surface area contributed by atoms with Gasteiger partial charge in [0.05, 0.1) is 17.7 Å². The standard InChI is InChI=1S/C21H24N4O/c1-17(21(26)23-20-9-5-8-19(14-20)15-22)25-12-10-24(11-13-25)16-18-6-3-2-4-7-18/h2-9,14,17H,10-13,16H2,1H3,(H,23,26). The molecule has 0 saturated carbocycles. The Morgan fingerprint density at radius 1 is 1.12 bits per heavy atom. The average molecular weight is 348 g/mol. The van der Waals surface area contributed by atoms with Crippen LogP contribution in [0.4, 0.5) is 5.69 Å². The van der Waals surface area contributed by atoms with Crippen molar-refractivity contribution in [1.82, 2.24) is 9.80 Å². The van der Waals surface area contributed by atoms with E-state index < -0.39 is 0 Å². The van der Waals surface area contributed by atoms with E-state index in [1.165, 1.54) is 5.56 Å². The van der Waals surface area contributed by atoms with Gasteiger partial charge >= 0.3 is 0 Å². The summed E-state index contributed by atoms with van der Waals surface area (Å²) in [5.41, 5.74) is 2.54. The van der Waals surface area contributed by atoms with E-state index in [0.717, 1.165) is 32.7 Å². The Morgan fingerprint density at radius 2 is 1.85 bits per heavy atom. The van der Waals surface area contributed by atoms with E-state index >= 15 is 0 Å². The summed E-state index contributed by atoms with van der Waals surface area (Å²) in [5, 5.41) is 11.9. The van der Waals surface area contributed by atoms with Crippen molar-refractivity contribution in [2.45, 2.75) is 19.5 Å². The first-order chi connectivity index (χ1) is 12.7. The molecule has 0 spiro atoms. The van der Waals surface area contributed by atoms with Gasteiger partial charge in [0, 0.05) is 38.4 Å². The fraction of sp³-hybridized carbons (Fsp3) is 0.333. The Morgan fingerprint density at radius 3 is 2.54 bits per heavy atom. The molecule has 0 aliphatic carbocycles. The van der Waals surface area contributed by atoms with Crippen LogP contribution in [0.1, 0.15) is 18.1 Å². The number of carbonyl (C=O) groups is 1. The maximum absolute atomic E-state index is 12.5. The first kappa shape index (κ1) is 18.1. The SMILES string of the molecule is CC(C(=O)Nc1cccc(C#N)c1)N1CCN(Cc2ccccc2)CC1. The van der Waals surface area contributed by atoms with Gasteiger partial charge in [-0.05, 0) is 30.7 Å². The number of hydrogen-bond donors (Lipinski definition) is 1. The zero-order valence-corrected chi connectivity index (χ0v) is 15.1. The summed E-state index contributed by atoms with van der Waals surface area (Å²) in [5.74, 6) is -0.0309. The van der Waals surface area contributed by atoms with Gasteiger partial charge in [0.15, 0.2) is 0 Å². The predicted octanol–water partition coefficient (Wildman–Crippen LogP) is 2.70. The van der Waals surface area contributed by atoms with Crippen LogP contribution in [-0.2, 0) is 11.3 Å². The molecule has 2 aromatic rings. The van der Waals surface area contributed by atoms with Crippen molar-refractivity contribution in [3.63, 3.8) is 0 Å². The van der Waals surface area contributed by atoms with Crippen LogP contribution in [0.5, 0.6) is 0 Å². The summed E-state index contributed by atoms with van der Waals surface area (Å²) in [7, 11) is 0. The van der Waals surface area contributed by atoms with E-state index in [0.29, 0.717) is 11.3 Å². The van der Waals surface area contributed by atoms with E-state index in [1.807, 2.05) is 19.1 Å². The Balaban J connectivity index is 1.50. The summed E-state index contributed by atoms with van der Waals surface area (Å²) in [6.07, 6.45) is 0. The van der Waals surface area contributed by atoms with E-state index in [9.17, 15) is 4.79 Å². The summed E-state index contributed by atoms with van der Waals surface area (Å²) in [6, 6.07) is 19.4. The lowest BCUT2D eigenvalue weighted by atomic mass is 10.1. The lowest BCUT2D eigenvalue weighted by Crippen LogP contribution is -2.52. The number of piperazine rings is 1. The Hall–Kier alpha value is -2.68. The summed E-state index contributed by atoms with van der Waals surface area (Å²) < 4.78 is 0. The third kappa shape index (κ3) is 4.69. The first-order valence-electron chi connectivity index (χ1n) is 8.97. The van der Waals surface area contributed by atoms with Gasteiger partial charge in [-0.1, -0.05) is 36.4 Å². The van der Waals surface area contributed by atoms with E-state index in [-0.39, 0.29) is 11.9 Å². The second-order valence-corrected chi connectivity index (χ2v) is 6.66. The van der Waals surface area contributed by atoms with E-state index in [1.54, 1.807) is 18.2 Å². The predicted molar refractivity (Wildman–Crippen MR) is 103 cm³/mol. The molecule has 2 aromatic carbocycles. The Kier molecular flexibility index (Phi) is 6.00. The van der Waals surface area contributed by atoms with Gasteiger partial charge in [0.2, 0.25) is 5.91 Å². The lowest BCUT2D eigenvalue weighted by Gasteiger charge is -2.37. The van der Waals surface area contributed by atoms with Crippen molar-refractivity contribution in [1.29, 1.82) is 5.26 Å². The van der Waals surface area contributed by atoms with Crippen LogP contribution in [0.25, 0.3) is 0 Å². The highest BCUT2D eigenvalue weighted by molar-refractivity contribution is 5.94. The number of amides is 1. The second-order valence-electron chi connectivity index (χ2n) is 6.66. The molecular formula is C21H24N4O. The molecule has 26 heavy (non-hydrogen) atoms. The first-order valence-corrected chi connectivity index (χ1v) is 8.97. The topological polar surface area (TPSA) is 59.4 Å². The van der Waals surface area contributed by atoms with Crippen molar-refractivity contribution in [3.8, 4) is 6.07 Å². The highest BCUT2D eigenvalue weighted by Gasteiger charge is 2.25. The maximum atomic E-state index is 12.5. The molecule has 1 heterocycles. The van der Waals surface area contributed by atoms with Gasteiger partial charge in [-0.25, -0.2) is 0 Å². The maximum Gasteiger partial charge on any atom is 0.241 e. The van der Waals surface area contributed by atoms with Crippen LogP contribution in [0.3, 0.4) is 0 Å². The molecule has 3 rings (SSSR count). The van der Waals surface area contributed by atoms with Crippen molar-refractivity contribution < 1.29 is 4.79 Å². The Bertz CT molecular complexity index is 776. The third-order valence-electron chi connectivity index (χ3n) is 4.84. The zero-order chi connectivity index (χ0) is 18.4. The zero-order valence-electron chi connectivity index (χ0n) is 15.1. The Labute approximate surface area is 154 Å². The van der Waals surface area contributed by atoms with E-state index in [4.69, 9.17) is 5.26 Å². The third-order valence-corrected chi connectivity index (χ3v) is 4.84. The van der Waals surface area contributed by atoms with Crippen LogP contribution < -0.4 is 5.32 Å².